The fourth-order valence-electron chi connectivity index (χ4n) is 3.53. The lowest BCUT2D eigenvalue weighted by Crippen LogP contribution is -2.37. The molecule has 0 saturated heterocycles. The molecule has 1 amide bonds. The lowest BCUT2D eigenvalue weighted by Gasteiger charge is -2.10. The molecule has 0 aliphatic heterocycles. The van der Waals surface area contributed by atoms with Crippen molar-refractivity contribution < 1.29 is 4.79 Å². The maximum atomic E-state index is 12.8. The van der Waals surface area contributed by atoms with Gasteiger partial charge in [0, 0.05) is 17.5 Å². The lowest BCUT2D eigenvalue weighted by atomic mass is 10.1. The molecular formula is C24H21N7OS. The summed E-state index contributed by atoms with van der Waals surface area (Å²) in [4.78, 5) is 27.2. The molecule has 33 heavy (non-hydrogen) atoms. The third-order valence-electron chi connectivity index (χ3n) is 5.16. The molecule has 0 unspecified atom stereocenters. The number of hydrogen-bond donors (Lipinski definition) is 2. The first-order chi connectivity index (χ1) is 16.1. The van der Waals surface area contributed by atoms with Gasteiger partial charge in [-0.15, -0.1) is 0 Å². The summed E-state index contributed by atoms with van der Waals surface area (Å²) in [5.41, 5.74) is 11.1. The topological polar surface area (TPSA) is 111 Å². The number of nitrogens with two attached hydrogens (primary N) is 1. The van der Waals surface area contributed by atoms with Gasteiger partial charge in [-0.25, -0.2) is 14.5 Å². The average molecular weight is 456 g/mol. The molecule has 0 fully saturated rings. The number of hydrogen-bond acceptors (Lipinski definition) is 7. The fraction of sp³-hybridized carbons (Fsp3) is 0.125. The minimum absolute atomic E-state index is 0.283. The van der Waals surface area contributed by atoms with E-state index in [2.05, 4.69) is 20.4 Å². The average Bonchev–Trinajstić information content (AvgIpc) is 3.46. The number of thiazole rings is 1. The maximum Gasteiger partial charge on any atom is 0.243 e. The van der Waals surface area contributed by atoms with Crippen molar-refractivity contribution >= 4 is 28.0 Å². The molecule has 1 atom stereocenters. The molecule has 0 bridgehead atoms. The van der Waals surface area contributed by atoms with Crippen LogP contribution in [0.3, 0.4) is 0 Å². The van der Waals surface area contributed by atoms with E-state index in [4.69, 9.17) is 10.7 Å². The number of amides is 1. The largest absolute Gasteiger partial charge is 0.320 e. The zero-order chi connectivity index (χ0) is 22.8. The summed E-state index contributed by atoms with van der Waals surface area (Å²) < 4.78 is 1.70. The molecule has 0 aliphatic rings. The van der Waals surface area contributed by atoms with Gasteiger partial charge in [-0.05, 0) is 43.2 Å². The van der Waals surface area contributed by atoms with Gasteiger partial charge in [0.2, 0.25) is 5.91 Å². The molecule has 5 rings (SSSR count). The first-order valence-electron chi connectivity index (χ1n) is 10.4. The number of nitrogens with one attached hydrogen (secondary N) is 1. The van der Waals surface area contributed by atoms with E-state index >= 15 is 0 Å². The zero-order valence-electron chi connectivity index (χ0n) is 17.8. The van der Waals surface area contributed by atoms with Crippen molar-refractivity contribution in [3.63, 3.8) is 0 Å². The zero-order valence-corrected chi connectivity index (χ0v) is 18.7. The van der Waals surface area contributed by atoms with Gasteiger partial charge in [-0.2, -0.15) is 5.10 Å². The van der Waals surface area contributed by atoms with Crippen molar-refractivity contribution in [1.29, 1.82) is 0 Å². The van der Waals surface area contributed by atoms with Gasteiger partial charge in [-0.3, -0.25) is 9.78 Å². The third-order valence-corrected chi connectivity index (χ3v) is 6.18. The monoisotopic (exact) mass is 455 g/mol. The van der Waals surface area contributed by atoms with E-state index in [0.29, 0.717) is 17.2 Å². The fourth-order valence-corrected chi connectivity index (χ4v) is 4.50. The number of benzene rings is 1. The number of carbonyl (C=O) groups excluding carboxylic acids is 1. The molecule has 5 aromatic rings. The van der Waals surface area contributed by atoms with Crippen molar-refractivity contribution in [2.24, 2.45) is 5.73 Å². The van der Waals surface area contributed by atoms with Crippen LogP contribution in [0.5, 0.6) is 0 Å². The van der Waals surface area contributed by atoms with Crippen molar-refractivity contribution in [1.82, 2.24) is 24.6 Å². The van der Waals surface area contributed by atoms with Crippen LogP contribution in [-0.4, -0.2) is 36.5 Å². The van der Waals surface area contributed by atoms with Crippen LogP contribution in [0.2, 0.25) is 0 Å². The third kappa shape index (κ3) is 4.50. The Bertz CT molecular complexity index is 1430. The number of pyridine rings is 2. The number of aromatic nitrogens is 5. The molecule has 0 radical (unpaired) electrons. The quantitative estimate of drug-likeness (QED) is 0.404. The first kappa shape index (κ1) is 20.9. The van der Waals surface area contributed by atoms with Crippen LogP contribution in [0.4, 0.5) is 5.13 Å². The van der Waals surface area contributed by atoms with Crippen LogP contribution in [0, 0.1) is 6.92 Å². The Labute approximate surface area is 194 Å². The number of carbonyl (C=O) groups is 1. The summed E-state index contributed by atoms with van der Waals surface area (Å²) in [7, 11) is 0. The van der Waals surface area contributed by atoms with Crippen molar-refractivity contribution in [3.8, 4) is 21.8 Å². The Balaban J connectivity index is 1.48. The minimum atomic E-state index is -0.688. The van der Waals surface area contributed by atoms with Crippen LogP contribution in [0.25, 0.3) is 27.5 Å². The smallest absolute Gasteiger partial charge is 0.243 e. The van der Waals surface area contributed by atoms with E-state index in [-0.39, 0.29) is 5.91 Å². The van der Waals surface area contributed by atoms with Crippen LogP contribution < -0.4 is 11.1 Å². The SMILES string of the molecule is Cc1cccc(-c2nc(NC(=O)[C@@H](N)Cc3ccccc3)sc2-c2ccc3ncnn3c2)n1. The number of rotatable bonds is 6. The van der Waals surface area contributed by atoms with Crippen molar-refractivity contribution in [2.75, 3.05) is 5.32 Å². The predicted molar refractivity (Wildman–Crippen MR) is 129 cm³/mol. The maximum absolute atomic E-state index is 12.8. The second-order valence-electron chi connectivity index (χ2n) is 7.63. The van der Waals surface area contributed by atoms with Gasteiger partial charge in [0.25, 0.3) is 0 Å². The van der Waals surface area contributed by atoms with E-state index in [9.17, 15) is 4.79 Å². The summed E-state index contributed by atoms with van der Waals surface area (Å²) in [6, 6.07) is 18.7. The van der Waals surface area contributed by atoms with Crippen LogP contribution in [0.1, 0.15) is 11.3 Å². The highest BCUT2D eigenvalue weighted by Crippen LogP contribution is 2.38. The molecule has 4 aromatic heterocycles. The summed E-state index contributed by atoms with van der Waals surface area (Å²) in [6.07, 6.45) is 3.84. The highest BCUT2D eigenvalue weighted by atomic mass is 32.1. The van der Waals surface area contributed by atoms with Gasteiger partial charge >= 0.3 is 0 Å². The predicted octanol–water partition coefficient (Wildman–Crippen LogP) is 3.73. The van der Waals surface area contributed by atoms with Crippen molar-refractivity contribution in [3.05, 3.63) is 84.4 Å². The molecule has 0 spiro atoms. The van der Waals surface area contributed by atoms with Crippen LogP contribution in [0.15, 0.2) is 73.2 Å². The lowest BCUT2D eigenvalue weighted by molar-refractivity contribution is -0.117. The van der Waals surface area contributed by atoms with Gasteiger partial charge < -0.3 is 11.1 Å². The molecule has 8 nitrogen and oxygen atoms in total. The Kier molecular flexibility index (Phi) is 5.64. The number of aryl methyl sites for hydroxylation is 1. The van der Waals surface area contributed by atoms with E-state index < -0.39 is 6.04 Å². The molecule has 4 heterocycles. The number of anilines is 1. The summed E-state index contributed by atoms with van der Waals surface area (Å²) >= 11 is 1.38. The van der Waals surface area contributed by atoms with Gasteiger partial charge in [-0.1, -0.05) is 47.7 Å². The highest BCUT2D eigenvalue weighted by Gasteiger charge is 2.21. The molecule has 164 valence electrons. The molecule has 0 aliphatic carbocycles. The van der Waals surface area contributed by atoms with E-state index in [1.165, 1.54) is 17.7 Å². The molecule has 0 saturated carbocycles. The van der Waals surface area contributed by atoms with E-state index in [0.717, 1.165) is 33.0 Å². The Hall–Kier alpha value is -3.95. The standard InChI is InChI=1S/C24H21N7OS/c1-15-6-5-9-19(28-15)21-22(17-10-11-20-26-14-27-31(20)13-17)33-24(29-21)30-23(32)18(25)12-16-7-3-2-4-8-16/h2-11,13-14,18H,12,25H2,1H3,(H,29,30,32)/t18-/m0/s1. The van der Waals surface area contributed by atoms with Gasteiger partial charge in [0.05, 0.1) is 16.6 Å². The second-order valence-corrected chi connectivity index (χ2v) is 8.63. The summed E-state index contributed by atoms with van der Waals surface area (Å²) in [5.74, 6) is -0.283. The van der Waals surface area contributed by atoms with E-state index in [1.54, 1.807) is 4.52 Å². The number of fused-ring (bicyclic) bond motifs is 1. The number of nitrogens with zero attached hydrogens (tertiary/aromatic N) is 5. The Morgan fingerprint density at radius 1 is 1.09 bits per heavy atom. The summed E-state index contributed by atoms with van der Waals surface area (Å²) in [5, 5.41) is 7.59. The first-order valence-corrected chi connectivity index (χ1v) is 11.2. The van der Waals surface area contributed by atoms with E-state index in [1.807, 2.05) is 73.8 Å². The van der Waals surface area contributed by atoms with Crippen LogP contribution in [-0.2, 0) is 11.2 Å². The molecular weight excluding hydrogens is 434 g/mol. The molecule has 9 heteroatoms. The second kappa shape index (κ2) is 8.89. The van der Waals surface area contributed by atoms with Gasteiger partial charge in [0.15, 0.2) is 10.8 Å². The Morgan fingerprint density at radius 3 is 2.76 bits per heavy atom. The normalized spacial score (nSPS) is 12.1. The van der Waals surface area contributed by atoms with Gasteiger partial charge in [0.1, 0.15) is 12.0 Å². The summed E-state index contributed by atoms with van der Waals surface area (Å²) in [6.45, 7) is 1.93. The molecule has 3 N–H and O–H groups in total. The minimum Gasteiger partial charge on any atom is -0.320 e. The van der Waals surface area contributed by atoms with Crippen LogP contribution >= 0.6 is 11.3 Å². The molecule has 1 aromatic carbocycles. The highest BCUT2D eigenvalue weighted by molar-refractivity contribution is 7.19. The Morgan fingerprint density at radius 2 is 1.94 bits per heavy atom. The van der Waals surface area contributed by atoms with Crippen molar-refractivity contribution in [2.45, 2.75) is 19.4 Å².